The van der Waals surface area contributed by atoms with E-state index >= 15 is 0 Å². The molecule has 0 amide bonds. The summed E-state index contributed by atoms with van der Waals surface area (Å²) in [7, 11) is 0. The monoisotopic (exact) mass is 261 g/mol. The lowest BCUT2D eigenvalue weighted by Crippen LogP contribution is -2.38. The van der Waals surface area contributed by atoms with Crippen LogP contribution in [0.4, 0.5) is 0 Å². The maximum absolute atomic E-state index is 9.56. The van der Waals surface area contributed by atoms with Gasteiger partial charge in [0.05, 0.1) is 6.10 Å². The van der Waals surface area contributed by atoms with Crippen molar-refractivity contribution in [2.45, 2.75) is 44.8 Å². The SMILES string of the molecule is CCOC1CCN(C2CCc3cc(O)ccc32)CC1. The van der Waals surface area contributed by atoms with Crippen LogP contribution < -0.4 is 0 Å². The van der Waals surface area contributed by atoms with Crippen molar-refractivity contribution >= 4 is 0 Å². The van der Waals surface area contributed by atoms with Crippen LogP contribution in [0.1, 0.15) is 43.4 Å². The third-order valence-corrected chi connectivity index (χ3v) is 4.49. The Hall–Kier alpha value is -1.06. The van der Waals surface area contributed by atoms with Crippen LogP contribution in [0.2, 0.25) is 0 Å². The normalized spacial score (nSPS) is 24.6. The molecule has 0 aromatic heterocycles. The Labute approximate surface area is 115 Å². The largest absolute Gasteiger partial charge is 0.508 e. The summed E-state index contributed by atoms with van der Waals surface area (Å²) in [6.45, 7) is 5.17. The second-order valence-electron chi connectivity index (χ2n) is 5.63. The van der Waals surface area contributed by atoms with Gasteiger partial charge in [0, 0.05) is 25.7 Å². The number of phenolic OH excluding ortho intramolecular Hbond substituents is 1. The zero-order valence-corrected chi connectivity index (χ0v) is 11.6. The molecule has 104 valence electrons. The first-order chi connectivity index (χ1) is 9.28. The van der Waals surface area contributed by atoms with Crippen molar-refractivity contribution in [3.05, 3.63) is 29.3 Å². The number of aromatic hydroxyl groups is 1. The molecule has 3 nitrogen and oxygen atoms in total. The molecule has 3 heteroatoms. The molecule has 2 aliphatic rings. The molecule has 0 radical (unpaired) electrons. The van der Waals surface area contributed by atoms with Gasteiger partial charge < -0.3 is 9.84 Å². The molecule has 1 aromatic rings. The number of ether oxygens (including phenoxy) is 1. The number of hydrogen-bond acceptors (Lipinski definition) is 3. The number of aryl methyl sites for hydroxylation is 1. The molecule has 1 fully saturated rings. The molecule has 3 rings (SSSR count). The van der Waals surface area contributed by atoms with Crippen molar-refractivity contribution in [2.75, 3.05) is 19.7 Å². The average molecular weight is 261 g/mol. The molecular formula is C16H23NO2. The maximum atomic E-state index is 9.56. The molecule has 1 aromatic carbocycles. The van der Waals surface area contributed by atoms with Crippen molar-refractivity contribution in [1.29, 1.82) is 0 Å². The van der Waals surface area contributed by atoms with Gasteiger partial charge >= 0.3 is 0 Å². The summed E-state index contributed by atoms with van der Waals surface area (Å²) in [6, 6.07) is 6.42. The van der Waals surface area contributed by atoms with E-state index in [0.717, 1.165) is 39.0 Å². The minimum atomic E-state index is 0.398. The highest BCUT2D eigenvalue weighted by Crippen LogP contribution is 2.38. The summed E-state index contributed by atoms with van der Waals surface area (Å²) in [5.41, 5.74) is 2.75. The second kappa shape index (κ2) is 5.51. The van der Waals surface area contributed by atoms with E-state index in [2.05, 4.69) is 17.9 Å². The quantitative estimate of drug-likeness (QED) is 0.908. The summed E-state index contributed by atoms with van der Waals surface area (Å²) in [5, 5.41) is 9.56. The van der Waals surface area contributed by atoms with Gasteiger partial charge in [-0.3, -0.25) is 4.90 Å². The Balaban J connectivity index is 1.66. The van der Waals surface area contributed by atoms with Gasteiger partial charge in [-0.1, -0.05) is 6.07 Å². The number of phenols is 1. The van der Waals surface area contributed by atoms with E-state index in [1.807, 2.05) is 12.1 Å². The Kier molecular flexibility index (Phi) is 3.76. The molecule has 1 saturated heterocycles. The van der Waals surface area contributed by atoms with Gasteiger partial charge in [-0.05, 0) is 55.9 Å². The molecule has 1 aliphatic heterocycles. The summed E-state index contributed by atoms with van der Waals surface area (Å²) >= 11 is 0. The molecule has 0 bridgehead atoms. The van der Waals surface area contributed by atoms with E-state index in [4.69, 9.17) is 4.74 Å². The molecule has 1 heterocycles. The molecule has 1 atom stereocenters. The van der Waals surface area contributed by atoms with Crippen molar-refractivity contribution in [1.82, 2.24) is 4.90 Å². The fourth-order valence-electron chi connectivity index (χ4n) is 3.55. The minimum absolute atomic E-state index is 0.398. The van der Waals surface area contributed by atoms with E-state index in [-0.39, 0.29) is 0 Å². The summed E-state index contributed by atoms with van der Waals surface area (Å²) in [4.78, 5) is 2.60. The third-order valence-electron chi connectivity index (χ3n) is 4.49. The lowest BCUT2D eigenvalue weighted by Gasteiger charge is -2.36. The molecule has 1 aliphatic carbocycles. The Morgan fingerprint density at radius 2 is 2.05 bits per heavy atom. The average Bonchev–Trinajstić information content (AvgIpc) is 2.83. The van der Waals surface area contributed by atoms with Crippen LogP contribution in [0.25, 0.3) is 0 Å². The van der Waals surface area contributed by atoms with Gasteiger partial charge in [0.1, 0.15) is 5.75 Å². The standard InChI is InChI=1S/C16H23NO2/c1-2-19-14-7-9-17(10-8-14)16-6-3-12-11-13(18)4-5-15(12)16/h4-5,11,14,16,18H,2-3,6-10H2,1H3. The Morgan fingerprint density at radius 3 is 2.79 bits per heavy atom. The van der Waals surface area contributed by atoms with Crippen LogP contribution in [-0.4, -0.2) is 35.8 Å². The first-order valence-electron chi connectivity index (χ1n) is 7.45. The third kappa shape index (κ3) is 2.63. The first-order valence-corrected chi connectivity index (χ1v) is 7.45. The number of hydrogen-bond donors (Lipinski definition) is 1. The second-order valence-corrected chi connectivity index (χ2v) is 5.63. The van der Waals surface area contributed by atoms with E-state index in [9.17, 15) is 5.11 Å². The number of fused-ring (bicyclic) bond motifs is 1. The molecular weight excluding hydrogens is 238 g/mol. The number of benzene rings is 1. The lowest BCUT2D eigenvalue weighted by molar-refractivity contribution is 0.00378. The summed E-state index contributed by atoms with van der Waals surface area (Å²) < 4.78 is 5.72. The first kappa shape index (κ1) is 12.9. The highest BCUT2D eigenvalue weighted by atomic mass is 16.5. The van der Waals surface area contributed by atoms with Crippen LogP contribution in [0.15, 0.2) is 18.2 Å². The molecule has 1 unspecified atom stereocenters. The van der Waals surface area contributed by atoms with Crippen LogP contribution in [0.5, 0.6) is 5.75 Å². The fourth-order valence-corrected chi connectivity index (χ4v) is 3.55. The van der Waals surface area contributed by atoms with Crippen molar-refractivity contribution in [3.8, 4) is 5.75 Å². The molecule has 0 spiro atoms. The fraction of sp³-hybridized carbons (Fsp3) is 0.625. The highest BCUT2D eigenvalue weighted by Gasteiger charge is 2.30. The number of nitrogens with zero attached hydrogens (tertiary/aromatic N) is 1. The maximum Gasteiger partial charge on any atom is 0.115 e. The Morgan fingerprint density at radius 1 is 1.26 bits per heavy atom. The summed E-state index contributed by atoms with van der Waals surface area (Å²) in [5.74, 6) is 0.398. The lowest BCUT2D eigenvalue weighted by atomic mass is 10.0. The van der Waals surface area contributed by atoms with E-state index in [1.54, 1.807) is 0 Å². The molecule has 1 N–H and O–H groups in total. The molecule has 19 heavy (non-hydrogen) atoms. The zero-order chi connectivity index (χ0) is 13.2. The number of rotatable bonds is 3. The van der Waals surface area contributed by atoms with E-state index in [1.165, 1.54) is 17.5 Å². The van der Waals surface area contributed by atoms with Crippen molar-refractivity contribution < 1.29 is 9.84 Å². The minimum Gasteiger partial charge on any atom is -0.508 e. The Bertz CT molecular complexity index is 438. The van der Waals surface area contributed by atoms with Gasteiger partial charge in [-0.2, -0.15) is 0 Å². The zero-order valence-electron chi connectivity index (χ0n) is 11.6. The predicted octanol–water partition coefficient (Wildman–Crippen LogP) is 2.88. The van der Waals surface area contributed by atoms with Gasteiger partial charge in [-0.15, -0.1) is 0 Å². The number of likely N-dealkylation sites (tertiary alicyclic amines) is 1. The smallest absolute Gasteiger partial charge is 0.115 e. The van der Waals surface area contributed by atoms with Crippen LogP contribution in [-0.2, 0) is 11.2 Å². The van der Waals surface area contributed by atoms with Crippen LogP contribution >= 0.6 is 0 Å². The van der Waals surface area contributed by atoms with Gasteiger partial charge in [0.2, 0.25) is 0 Å². The van der Waals surface area contributed by atoms with Crippen molar-refractivity contribution in [2.24, 2.45) is 0 Å². The van der Waals surface area contributed by atoms with Gasteiger partial charge in [-0.25, -0.2) is 0 Å². The van der Waals surface area contributed by atoms with Gasteiger partial charge in [0.25, 0.3) is 0 Å². The van der Waals surface area contributed by atoms with E-state index in [0.29, 0.717) is 17.9 Å². The molecule has 0 saturated carbocycles. The number of piperidine rings is 1. The predicted molar refractivity (Wildman–Crippen MR) is 75.4 cm³/mol. The van der Waals surface area contributed by atoms with Crippen LogP contribution in [0.3, 0.4) is 0 Å². The highest BCUT2D eigenvalue weighted by molar-refractivity contribution is 5.40. The van der Waals surface area contributed by atoms with Crippen LogP contribution in [0, 0.1) is 0 Å². The summed E-state index contributed by atoms with van der Waals surface area (Å²) in [6.07, 6.45) is 5.05. The topological polar surface area (TPSA) is 32.7 Å². The van der Waals surface area contributed by atoms with Crippen molar-refractivity contribution in [3.63, 3.8) is 0 Å². The van der Waals surface area contributed by atoms with E-state index < -0.39 is 0 Å². The van der Waals surface area contributed by atoms with Gasteiger partial charge in [0.15, 0.2) is 0 Å².